The lowest BCUT2D eigenvalue weighted by molar-refractivity contribution is -0.164. The molecule has 0 saturated carbocycles. The molecule has 0 saturated heterocycles. The van der Waals surface area contributed by atoms with Crippen molar-refractivity contribution in [2.24, 2.45) is 11.7 Å². The summed E-state index contributed by atoms with van der Waals surface area (Å²) in [5.74, 6) is 9.73. The molecular formula is C3H11N3O. The van der Waals surface area contributed by atoms with Gasteiger partial charge in [0.2, 0.25) is 0 Å². The minimum atomic E-state index is 0.576. The quantitative estimate of drug-likeness (QED) is 0.371. The third-order valence-electron chi connectivity index (χ3n) is 0.444. The largest absolute Gasteiger partial charge is 0.270 e. The summed E-state index contributed by atoms with van der Waals surface area (Å²) in [4.78, 5) is 4.58. The molecule has 0 amide bonds. The van der Waals surface area contributed by atoms with Gasteiger partial charge in [0.25, 0.3) is 0 Å². The number of rotatable bonds is 3. The van der Waals surface area contributed by atoms with Gasteiger partial charge in [0, 0.05) is 0 Å². The van der Waals surface area contributed by atoms with Crippen LogP contribution in [0.2, 0.25) is 0 Å². The first-order valence-electron chi connectivity index (χ1n) is 2.19. The van der Waals surface area contributed by atoms with E-state index in [4.69, 9.17) is 11.7 Å². The minimum Gasteiger partial charge on any atom is -0.270 e. The van der Waals surface area contributed by atoms with E-state index in [9.17, 15) is 0 Å². The highest BCUT2D eigenvalue weighted by molar-refractivity contribution is 4.15. The van der Waals surface area contributed by atoms with E-state index in [1.807, 2.05) is 6.92 Å². The van der Waals surface area contributed by atoms with E-state index in [0.717, 1.165) is 6.42 Å². The van der Waals surface area contributed by atoms with Crippen molar-refractivity contribution in [3.05, 3.63) is 0 Å². The second-order valence-corrected chi connectivity index (χ2v) is 1.19. The first-order valence-corrected chi connectivity index (χ1v) is 2.19. The molecule has 0 unspecified atom stereocenters. The molecule has 7 heavy (non-hydrogen) atoms. The molecule has 0 bridgehead atoms. The zero-order valence-corrected chi connectivity index (χ0v) is 4.42. The fourth-order valence-corrected chi connectivity index (χ4v) is 0.197. The Bertz CT molecular complexity index is 39.2. The lowest BCUT2D eigenvalue weighted by Crippen LogP contribution is -2.37. The van der Waals surface area contributed by atoms with Crippen LogP contribution in [0.1, 0.15) is 13.3 Å². The number of hydrazine groups is 2. The molecule has 0 aliphatic heterocycles. The van der Waals surface area contributed by atoms with E-state index in [0.29, 0.717) is 11.9 Å². The van der Waals surface area contributed by atoms with Gasteiger partial charge in [0.05, 0.1) is 6.61 Å². The Morgan fingerprint density at radius 3 is 2.29 bits per heavy atom. The van der Waals surface area contributed by atoms with E-state index in [2.05, 4.69) is 4.84 Å². The normalized spacial score (nSPS) is 10.3. The summed E-state index contributed by atoms with van der Waals surface area (Å²) in [7, 11) is 0. The highest BCUT2D eigenvalue weighted by atomic mass is 16.7. The van der Waals surface area contributed by atoms with E-state index >= 15 is 0 Å². The fraction of sp³-hybridized carbons (Fsp3) is 1.00. The van der Waals surface area contributed by atoms with Crippen LogP contribution in [-0.4, -0.2) is 11.9 Å². The van der Waals surface area contributed by atoms with Gasteiger partial charge in [0.15, 0.2) is 0 Å². The SMILES string of the molecule is CCCON(N)N. The summed E-state index contributed by atoms with van der Waals surface area (Å²) in [5, 5.41) is 0.712. The summed E-state index contributed by atoms with van der Waals surface area (Å²) < 4.78 is 0. The first-order chi connectivity index (χ1) is 3.27. The lowest BCUT2D eigenvalue weighted by Gasteiger charge is -2.06. The monoisotopic (exact) mass is 105 g/mol. The summed E-state index contributed by atoms with van der Waals surface area (Å²) in [6.45, 7) is 2.55. The second kappa shape index (κ2) is 4.01. The molecule has 0 spiro atoms. The lowest BCUT2D eigenvalue weighted by atomic mass is 10.5. The summed E-state index contributed by atoms with van der Waals surface area (Å²) >= 11 is 0. The molecule has 4 N–H and O–H groups in total. The van der Waals surface area contributed by atoms with Gasteiger partial charge in [-0.25, -0.2) is 11.7 Å². The molecule has 4 nitrogen and oxygen atoms in total. The van der Waals surface area contributed by atoms with Crippen LogP contribution in [0, 0.1) is 0 Å². The van der Waals surface area contributed by atoms with Gasteiger partial charge in [-0.1, -0.05) is 12.2 Å². The third-order valence-corrected chi connectivity index (χ3v) is 0.444. The van der Waals surface area contributed by atoms with Crippen molar-refractivity contribution in [3.63, 3.8) is 0 Å². The van der Waals surface area contributed by atoms with E-state index in [1.54, 1.807) is 0 Å². The topological polar surface area (TPSA) is 64.5 Å². The van der Waals surface area contributed by atoms with Crippen LogP contribution < -0.4 is 11.7 Å². The van der Waals surface area contributed by atoms with Crippen molar-refractivity contribution < 1.29 is 4.84 Å². The Labute approximate surface area is 42.9 Å². The third kappa shape index (κ3) is 5.84. The van der Waals surface area contributed by atoms with Crippen LogP contribution in [0.5, 0.6) is 0 Å². The van der Waals surface area contributed by atoms with Crippen molar-refractivity contribution in [3.8, 4) is 0 Å². The Hall–Kier alpha value is -0.160. The van der Waals surface area contributed by atoms with Gasteiger partial charge in [0.1, 0.15) is 0 Å². The molecule has 0 aromatic heterocycles. The molecule has 0 aliphatic carbocycles. The summed E-state index contributed by atoms with van der Waals surface area (Å²) in [5.41, 5.74) is 0. The molecule has 0 aromatic carbocycles. The number of hydrogen-bond donors (Lipinski definition) is 2. The zero-order chi connectivity index (χ0) is 5.70. The Morgan fingerprint density at radius 1 is 1.57 bits per heavy atom. The van der Waals surface area contributed by atoms with E-state index in [-0.39, 0.29) is 0 Å². The Balaban J connectivity index is 2.68. The molecule has 0 aliphatic rings. The van der Waals surface area contributed by atoms with Crippen molar-refractivity contribution in [2.75, 3.05) is 6.61 Å². The van der Waals surface area contributed by atoms with E-state index < -0.39 is 0 Å². The average molecular weight is 105 g/mol. The molecule has 4 heteroatoms. The predicted molar refractivity (Wildman–Crippen MR) is 26.5 cm³/mol. The molecule has 44 valence electrons. The minimum absolute atomic E-state index is 0.576. The van der Waals surface area contributed by atoms with Gasteiger partial charge in [-0.15, -0.1) is 0 Å². The highest BCUT2D eigenvalue weighted by Gasteiger charge is 1.83. The van der Waals surface area contributed by atoms with Crippen LogP contribution >= 0.6 is 0 Å². The van der Waals surface area contributed by atoms with Gasteiger partial charge in [-0.05, 0) is 6.42 Å². The van der Waals surface area contributed by atoms with Crippen LogP contribution in [-0.2, 0) is 4.84 Å². The molecule has 0 aromatic rings. The van der Waals surface area contributed by atoms with Gasteiger partial charge in [-0.3, -0.25) is 4.84 Å². The maximum Gasteiger partial charge on any atom is 0.0714 e. The van der Waals surface area contributed by atoms with Crippen LogP contribution in [0.4, 0.5) is 0 Å². The van der Waals surface area contributed by atoms with Crippen LogP contribution in [0.15, 0.2) is 0 Å². The molecular weight excluding hydrogens is 94.1 g/mol. The molecule has 0 radical (unpaired) electrons. The fourth-order valence-electron chi connectivity index (χ4n) is 0.197. The summed E-state index contributed by atoms with van der Waals surface area (Å²) in [6.07, 6.45) is 0.922. The number of nitrogens with zero attached hydrogens (tertiary/aromatic N) is 1. The molecule has 0 rings (SSSR count). The smallest absolute Gasteiger partial charge is 0.0714 e. The van der Waals surface area contributed by atoms with Crippen molar-refractivity contribution >= 4 is 0 Å². The maximum absolute atomic E-state index is 4.87. The maximum atomic E-state index is 4.87. The van der Waals surface area contributed by atoms with Crippen LogP contribution in [0.3, 0.4) is 0 Å². The second-order valence-electron chi connectivity index (χ2n) is 1.19. The number of nitrogens with two attached hydrogens (primary N) is 2. The zero-order valence-electron chi connectivity index (χ0n) is 4.42. The Kier molecular flexibility index (Phi) is 3.92. The van der Waals surface area contributed by atoms with Gasteiger partial charge >= 0.3 is 0 Å². The highest BCUT2D eigenvalue weighted by Crippen LogP contribution is 1.75. The molecule has 0 atom stereocenters. The first kappa shape index (κ1) is 6.84. The van der Waals surface area contributed by atoms with Gasteiger partial charge < -0.3 is 0 Å². The van der Waals surface area contributed by atoms with Crippen LogP contribution in [0.25, 0.3) is 0 Å². The predicted octanol–water partition coefficient (Wildman–Crippen LogP) is -0.623. The van der Waals surface area contributed by atoms with Crippen molar-refractivity contribution in [1.29, 1.82) is 0 Å². The summed E-state index contributed by atoms with van der Waals surface area (Å²) in [6, 6.07) is 0. The van der Waals surface area contributed by atoms with Crippen molar-refractivity contribution in [1.82, 2.24) is 5.28 Å². The van der Waals surface area contributed by atoms with Crippen molar-refractivity contribution in [2.45, 2.75) is 13.3 Å². The average Bonchev–Trinajstić information content (AvgIpc) is 1.61. The molecule has 0 heterocycles. The van der Waals surface area contributed by atoms with E-state index in [1.165, 1.54) is 0 Å². The number of hydrogen-bond acceptors (Lipinski definition) is 4. The standard InChI is InChI=1S/C3H11N3O/c1-2-3-7-6(4)5/h2-5H2,1H3. The van der Waals surface area contributed by atoms with Gasteiger partial charge in [-0.2, -0.15) is 0 Å². The molecule has 0 fully saturated rings. The Morgan fingerprint density at radius 2 is 2.14 bits per heavy atom.